The first-order valence-electron chi connectivity index (χ1n) is 22.5. The van der Waals surface area contributed by atoms with Crippen LogP contribution in [0.1, 0.15) is 34.2 Å². The van der Waals surface area contributed by atoms with E-state index >= 15 is 0 Å². The van der Waals surface area contributed by atoms with Gasteiger partial charge in [-0.1, -0.05) is 121 Å². The van der Waals surface area contributed by atoms with Gasteiger partial charge in [0, 0.05) is 59.6 Å². The molecule has 6 aromatic rings. The Morgan fingerprint density at radius 3 is 1.62 bits per heavy atom. The van der Waals surface area contributed by atoms with Crippen molar-refractivity contribution in [3.8, 4) is 30.1 Å². The zero-order chi connectivity index (χ0) is 44.7. The van der Waals surface area contributed by atoms with Crippen LogP contribution in [0, 0.1) is 12.8 Å². The zero-order valence-corrected chi connectivity index (χ0v) is 37.8. The Hall–Kier alpha value is -7.39. The van der Waals surface area contributed by atoms with Crippen molar-refractivity contribution in [2.75, 3.05) is 47.6 Å². The lowest BCUT2D eigenvalue weighted by Gasteiger charge is -2.44. The van der Waals surface area contributed by atoms with Crippen molar-refractivity contribution in [3.05, 3.63) is 239 Å². The first-order valence-corrected chi connectivity index (χ1v) is 24.0. The number of terminal acetylenes is 1. The summed E-state index contributed by atoms with van der Waals surface area (Å²) in [5, 5.41) is -0.758. The molecule has 11 rings (SSSR count). The van der Waals surface area contributed by atoms with E-state index in [0.29, 0.717) is 52.4 Å². The molecule has 4 heterocycles. The number of ether oxygens (including phenoxy) is 3. The second kappa shape index (κ2) is 19.4. The Labute approximate surface area is 390 Å². The summed E-state index contributed by atoms with van der Waals surface area (Å²) in [7, 11) is -1.39. The summed E-state index contributed by atoms with van der Waals surface area (Å²) in [4.78, 5) is 6.93. The second-order valence-electron chi connectivity index (χ2n) is 16.8. The van der Waals surface area contributed by atoms with E-state index in [9.17, 15) is 0 Å². The molecule has 0 aromatic heterocycles. The van der Waals surface area contributed by atoms with Gasteiger partial charge >= 0.3 is 0 Å². The van der Waals surface area contributed by atoms with Crippen LogP contribution in [0.3, 0.4) is 0 Å². The van der Waals surface area contributed by atoms with Crippen LogP contribution in [0.25, 0.3) is 0 Å². The molecule has 0 saturated heterocycles. The topological polar surface area (TPSA) is 46.6 Å². The van der Waals surface area contributed by atoms with Crippen molar-refractivity contribution >= 4 is 25.2 Å². The molecule has 0 spiro atoms. The summed E-state index contributed by atoms with van der Waals surface area (Å²) in [5.74, 6) is 3.67. The molecule has 0 bridgehead atoms. The van der Waals surface area contributed by atoms with Gasteiger partial charge in [0.1, 0.15) is 31.2 Å². The number of rotatable bonds is 7. The number of anilines is 3. The van der Waals surface area contributed by atoms with Crippen LogP contribution in [-0.4, -0.2) is 32.9 Å². The van der Waals surface area contributed by atoms with Crippen LogP contribution in [-0.2, 0) is 29.4 Å². The predicted molar refractivity (Wildman–Crippen MR) is 269 cm³/mol. The highest BCUT2D eigenvalue weighted by atomic mass is 31.1. The van der Waals surface area contributed by atoms with Crippen LogP contribution in [0.2, 0.25) is 0 Å². The molecule has 6 aromatic carbocycles. The highest BCUT2D eigenvalue weighted by molar-refractivity contribution is 7.55. The van der Waals surface area contributed by atoms with Gasteiger partial charge in [0.15, 0.2) is 20.2 Å². The monoisotopic (exact) mass is 885 g/mol. The van der Waals surface area contributed by atoms with E-state index in [1.807, 2.05) is 0 Å². The van der Waals surface area contributed by atoms with E-state index in [1.165, 1.54) is 22.3 Å². The van der Waals surface area contributed by atoms with Gasteiger partial charge in [-0.2, -0.15) is 0 Å². The zero-order valence-electron chi connectivity index (χ0n) is 36.9. The van der Waals surface area contributed by atoms with E-state index in [0.717, 1.165) is 63.2 Å². The maximum absolute atomic E-state index is 7.71. The fourth-order valence-electron chi connectivity index (χ4n) is 9.62. The molecule has 0 N–H and O–H groups in total. The van der Waals surface area contributed by atoms with Crippen molar-refractivity contribution in [1.29, 1.82) is 0 Å². The molecule has 0 radical (unpaired) electrons. The molecular formula is C58H52N3O4P. The molecule has 5 aliphatic rings. The Kier molecular flexibility index (Phi) is 12.5. The third-order valence-electron chi connectivity index (χ3n) is 12.8. The Morgan fingerprint density at radius 2 is 1.02 bits per heavy atom. The highest BCUT2D eigenvalue weighted by Crippen LogP contribution is 2.66. The van der Waals surface area contributed by atoms with Crippen LogP contribution >= 0.6 is 8.15 Å². The molecule has 0 fully saturated rings. The lowest BCUT2D eigenvalue weighted by Crippen LogP contribution is -2.36. The minimum absolute atomic E-state index is 0.484. The molecule has 0 saturated carbocycles. The van der Waals surface area contributed by atoms with Gasteiger partial charge in [-0.3, -0.25) is 0 Å². The molecule has 0 amide bonds. The lowest BCUT2D eigenvalue weighted by atomic mass is 9.80. The van der Waals surface area contributed by atoms with E-state index in [2.05, 4.69) is 222 Å². The summed E-state index contributed by atoms with van der Waals surface area (Å²) < 4.78 is 27.4. The minimum Gasteiger partial charge on any atom is -0.473 e. The number of benzene rings is 6. The number of nitrogens with zero attached hydrogens (tertiary/aromatic N) is 3. The van der Waals surface area contributed by atoms with Crippen molar-refractivity contribution in [1.82, 2.24) is 0 Å². The molecule has 7 nitrogen and oxygen atoms in total. The van der Waals surface area contributed by atoms with Gasteiger partial charge in [-0.05, 0) is 108 Å². The fraction of sp³-hybridized carbons (Fsp3) is 0.172. The quantitative estimate of drug-likeness (QED) is 0.117. The van der Waals surface area contributed by atoms with Crippen LogP contribution in [0.4, 0.5) is 17.1 Å². The molecule has 1 unspecified atom stereocenters. The van der Waals surface area contributed by atoms with Gasteiger partial charge < -0.3 is 33.4 Å². The number of hydrogen-bond donors (Lipinski definition) is 0. The molecular weight excluding hydrogens is 834 g/mol. The number of fused-ring (bicyclic) bond motifs is 3. The third-order valence-corrected chi connectivity index (χ3v) is 15.3. The van der Waals surface area contributed by atoms with Crippen molar-refractivity contribution in [2.45, 2.75) is 31.1 Å². The van der Waals surface area contributed by atoms with E-state index in [4.69, 9.17) is 18.7 Å². The normalized spacial score (nSPS) is 18.6. The first kappa shape index (κ1) is 42.6. The van der Waals surface area contributed by atoms with Gasteiger partial charge in [0.05, 0.1) is 5.16 Å². The van der Waals surface area contributed by atoms with Crippen molar-refractivity contribution in [3.63, 3.8) is 0 Å². The van der Waals surface area contributed by atoms with E-state index < -0.39 is 13.3 Å². The highest BCUT2D eigenvalue weighted by Gasteiger charge is 2.49. The Balaban J connectivity index is 0.00000252. The number of para-hydroxylation sites is 4. The smallest absolute Gasteiger partial charge is 0.161 e. The van der Waals surface area contributed by atoms with Gasteiger partial charge in [-0.15, -0.1) is 12.8 Å². The molecule has 4 aliphatic heterocycles. The lowest BCUT2D eigenvalue weighted by molar-refractivity contribution is 0.208. The Bertz CT molecular complexity index is 2750. The summed E-state index contributed by atoms with van der Waals surface area (Å²) in [6, 6.07) is 54.1. The largest absolute Gasteiger partial charge is 0.473 e. The SMILES string of the molecule is C#C.C1=CC2=C(C=C(C(c3ccc4c(c3)CN(c3ccccc3)CO4)(c3ccc4c(c3)CN(c3ccccc3)CO4)P3C/C=C\C=C/Cc4ccccc4O3)C1)CN(c1ccccc1)CO2. The summed E-state index contributed by atoms with van der Waals surface area (Å²) in [6.07, 6.45) is 26.0. The number of allylic oxidation sites excluding steroid dienone is 7. The maximum Gasteiger partial charge on any atom is 0.161 e. The maximum atomic E-state index is 7.71. The fourth-order valence-corrected chi connectivity index (χ4v) is 12.2. The van der Waals surface area contributed by atoms with Crippen LogP contribution in [0.5, 0.6) is 17.2 Å². The summed E-state index contributed by atoms with van der Waals surface area (Å²) in [6.45, 7) is 3.60. The van der Waals surface area contributed by atoms with Crippen molar-refractivity contribution in [2.24, 2.45) is 0 Å². The average Bonchev–Trinajstić information content (AvgIpc) is 3.61. The second-order valence-corrected chi connectivity index (χ2v) is 18.7. The third kappa shape index (κ3) is 8.49. The predicted octanol–water partition coefficient (Wildman–Crippen LogP) is 12.7. The van der Waals surface area contributed by atoms with E-state index in [1.54, 1.807) is 0 Å². The van der Waals surface area contributed by atoms with Crippen LogP contribution in [0.15, 0.2) is 211 Å². The molecule has 8 heteroatoms. The van der Waals surface area contributed by atoms with Gasteiger partial charge in [0.2, 0.25) is 0 Å². The standard InChI is InChI=1S/C56H50N3O4P.C2H2/c1-2-15-32-64(63-55-26-14-13-18-42(55)17-6-1)56(47-28-30-53-44(34-47)37-58(40-61-53)50-22-9-4-10-23-50,48-29-31-54-45(35-48)38-59(41-62-54)51-24-11-5-12-25-51)46-19-16-27-52-43(33-46)36-57(39-60-52)49-20-7-3-8-21-49;1-2/h1-16,18,20-31,33-35H,17,19,32,36-41H2;1-2H/b6-1-,15-2-;. The molecule has 1 aliphatic carbocycles. The van der Waals surface area contributed by atoms with Crippen LogP contribution < -0.4 is 28.7 Å². The first-order chi connectivity index (χ1) is 32.7. The van der Waals surface area contributed by atoms with Gasteiger partial charge in [-0.25, -0.2) is 0 Å². The van der Waals surface area contributed by atoms with Crippen molar-refractivity contribution < 1.29 is 18.7 Å². The summed E-state index contributed by atoms with van der Waals surface area (Å²) >= 11 is 0. The van der Waals surface area contributed by atoms with Gasteiger partial charge in [0.25, 0.3) is 0 Å². The number of hydrogen-bond acceptors (Lipinski definition) is 7. The average molecular weight is 886 g/mol. The molecule has 66 heavy (non-hydrogen) atoms. The minimum atomic E-state index is -1.39. The molecule has 1 atom stereocenters. The van der Waals surface area contributed by atoms with E-state index in [-0.39, 0.29) is 0 Å². The Morgan fingerprint density at radius 1 is 0.485 bits per heavy atom. The summed E-state index contributed by atoms with van der Waals surface area (Å²) in [5.41, 5.74) is 11.6. The molecule has 328 valence electrons.